The summed E-state index contributed by atoms with van der Waals surface area (Å²) in [5.41, 5.74) is 5.15. The Bertz CT molecular complexity index is 595. The number of aryl methyl sites for hydroxylation is 1. The molecule has 2 N–H and O–H groups in total. The molecule has 0 saturated heterocycles. The van der Waals surface area contributed by atoms with Gasteiger partial charge in [-0.05, 0) is 36.1 Å². The number of nitrogens with one attached hydrogen (secondary N) is 2. The van der Waals surface area contributed by atoms with Crippen LogP contribution in [0.15, 0.2) is 42.5 Å². The van der Waals surface area contributed by atoms with Gasteiger partial charge in [-0.25, -0.2) is 0 Å². The summed E-state index contributed by atoms with van der Waals surface area (Å²) in [6, 6.07) is 14.6. The van der Waals surface area contributed by atoms with Crippen LogP contribution in [0.1, 0.15) is 17.5 Å². The molecule has 0 spiro atoms. The fraction of sp³-hybridized carbons (Fsp3) is 0.294. The molecule has 3 rings (SSSR count). The van der Waals surface area contributed by atoms with Gasteiger partial charge in [0.15, 0.2) is 0 Å². The summed E-state index contributed by atoms with van der Waals surface area (Å²) < 4.78 is 5.25. The SMILES string of the molecule is COc1cccc(NCc2cccc3c2NCCC3)c1. The number of methoxy groups -OCH3 is 1. The molecule has 0 radical (unpaired) electrons. The molecule has 0 amide bonds. The first-order valence-corrected chi connectivity index (χ1v) is 7.09. The van der Waals surface area contributed by atoms with Gasteiger partial charge in [-0.2, -0.15) is 0 Å². The first-order chi connectivity index (χ1) is 9.86. The molecule has 0 bridgehead atoms. The van der Waals surface area contributed by atoms with Crippen molar-refractivity contribution in [3.8, 4) is 5.75 Å². The average molecular weight is 268 g/mol. The normalized spacial score (nSPS) is 13.2. The lowest BCUT2D eigenvalue weighted by molar-refractivity contribution is 0.415. The van der Waals surface area contributed by atoms with Gasteiger partial charge in [0.25, 0.3) is 0 Å². The molecule has 0 aromatic heterocycles. The quantitative estimate of drug-likeness (QED) is 0.887. The van der Waals surface area contributed by atoms with Gasteiger partial charge in [0.2, 0.25) is 0 Å². The molecule has 0 atom stereocenters. The molecular formula is C17H20N2O. The highest BCUT2D eigenvalue weighted by atomic mass is 16.5. The zero-order valence-corrected chi connectivity index (χ0v) is 11.8. The Hall–Kier alpha value is -2.16. The topological polar surface area (TPSA) is 33.3 Å². The van der Waals surface area contributed by atoms with Crippen LogP contribution in [0.4, 0.5) is 11.4 Å². The van der Waals surface area contributed by atoms with Crippen molar-refractivity contribution in [1.29, 1.82) is 0 Å². The van der Waals surface area contributed by atoms with Crippen molar-refractivity contribution in [2.45, 2.75) is 19.4 Å². The molecule has 0 aliphatic carbocycles. The van der Waals surface area contributed by atoms with E-state index in [1.54, 1.807) is 7.11 Å². The van der Waals surface area contributed by atoms with E-state index in [0.717, 1.165) is 24.5 Å². The van der Waals surface area contributed by atoms with Crippen LogP contribution in [-0.4, -0.2) is 13.7 Å². The molecule has 0 fully saturated rings. The van der Waals surface area contributed by atoms with Gasteiger partial charge < -0.3 is 15.4 Å². The van der Waals surface area contributed by atoms with Crippen molar-refractivity contribution in [1.82, 2.24) is 0 Å². The number of fused-ring (bicyclic) bond motifs is 1. The zero-order valence-electron chi connectivity index (χ0n) is 11.8. The van der Waals surface area contributed by atoms with E-state index >= 15 is 0 Å². The lowest BCUT2D eigenvalue weighted by Gasteiger charge is -2.21. The standard InChI is InChI=1S/C17H20N2O/c1-20-16-9-3-8-15(11-16)19-12-14-6-2-5-13-7-4-10-18-17(13)14/h2-3,5-6,8-9,11,18-19H,4,7,10,12H2,1H3. The maximum absolute atomic E-state index is 5.25. The second-order valence-electron chi connectivity index (χ2n) is 5.07. The van der Waals surface area contributed by atoms with E-state index in [0.29, 0.717) is 0 Å². The van der Waals surface area contributed by atoms with Gasteiger partial charge in [-0.1, -0.05) is 24.3 Å². The van der Waals surface area contributed by atoms with Crippen LogP contribution >= 0.6 is 0 Å². The molecule has 20 heavy (non-hydrogen) atoms. The van der Waals surface area contributed by atoms with E-state index in [1.165, 1.54) is 29.7 Å². The maximum atomic E-state index is 5.25. The first kappa shape index (κ1) is 12.9. The highest BCUT2D eigenvalue weighted by Crippen LogP contribution is 2.27. The third kappa shape index (κ3) is 2.72. The molecule has 1 heterocycles. The number of anilines is 2. The van der Waals surface area contributed by atoms with Crippen molar-refractivity contribution in [3.05, 3.63) is 53.6 Å². The van der Waals surface area contributed by atoms with E-state index < -0.39 is 0 Å². The largest absolute Gasteiger partial charge is 0.497 e. The van der Waals surface area contributed by atoms with Crippen LogP contribution in [-0.2, 0) is 13.0 Å². The van der Waals surface area contributed by atoms with Gasteiger partial charge in [-0.3, -0.25) is 0 Å². The Morgan fingerprint density at radius 2 is 2.10 bits per heavy atom. The fourth-order valence-corrected chi connectivity index (χ4v) is 2.66. The Morgan fingerprint density at radius 3 is 3.00 bits per heavy atom. The smallest absolute Gasteiger partial charge is 0.120 e. The minimum absolute atomic E-state index is 0.823. The van der Waals surface area contributed by atoms with Crippen LogP contribution < -0.4 is 15.4 Å². The molecular weight excluding hydrogens is 248 g/mol. The molecule has 3 nitrogen and oxygen atoms in total. The predicted molar refractivity (Wildman–Crippen MR) is 83.6 cm³/mol. The van der Waals surface area contributed by atoms with E-state index in [-0.39, 0.29) is 0 Å². The van der Waals surface area contributed by atoms with Crippen molar-refractivity contribution in [2.75, 3.05) is 24.3 Å². The maximum Gasteiger partial charge on any atom is 0.120 e. The number of hydrogen-bond donors (Lipinski definition) is 2. The first-order valence-electron chi connectivity index (χ1n) is 7.09. The highest BCUT2D eigenvalue weighted by Gasteiger charge is 2.11. The Labute approximate surface area is 120 Å². The number of benzene rings is 2. The summed E-state index contributed by atoms with van der Waals surface area (Å²) in [6.07, 6.45) is 2.40. The van der Waals surface area contributed by atoms with E-state index in [1.807, 2.05) is 18.2 Å². The molecule has 0 unspecified atom stereocenters. The molecule has 3 heteroatoms. The van der Waals surface area contributed by atoms with Crippen LogP contribution in [0, 0.1) is 0 Å². The number of hydrogen-bond acceptors (Lipinski definition) is 3. The van der Waals surface area contributed by atoms with Crippen LogP contribution in [0.3, 0.4) is 0 Å². The molecule has 1 aliphatic rings. The highest BCUT2D eigenvalue weighted by molar-refractivity contribution is 5.60. The minimum Gasteiger partial charge on any atom is -0.497 e. The van der Waals surface area contributed by atoms with Gasteiger partial charge in [0, 0.05) is 30.5 Å². The Balaban J connectivity index is 1.75. The van der Waals surface area contributed by atoms with Gasteiger partial charge in [0.1, 0.15) is 5.75 Å². The third-order valence-corrected chi connectivity index (χ3v) is 3.71. The van der Waals surface area contributed by atoms with Crippen LogP contribution in [0.25, 0.3) is 0 Å². The monoisotopic (exact) mass is 268 g/mol. The third-order valence-electron chi connectivity index (χ3n) is 3.71. The van der Waals surface area contributed by atoms with Gasteiger partial charge in [-0.15, -0.1) is 0 Å². The molecule has 0 saturated carbocycles. The Morgan fingerprint density at radius 1 is 1.20 bits per heavy atom. The van der Waals surface area contributed by atoms with Crippen molar-refractivity contribution in [3.63, 3.8) is 0 Å². The summed E-state index contributed by atoms with van der Waals surface area (Å²) in [6.45, 7) is 1.90. The second kappa shape index (κ2) is 5.87. The molecule has 1 aliphatic heterocycles. The lowest BCUT2D eigenvalue weighted by atomic mass is 9.99. The van der Waals surface area contributed by atoms with Crippen molar-refractivity contribution in [2.24, 2.45) is 0 Å². The van der Waals surface area contributed by atoms with Crippen molar-refractivity contribution < 1.29 is 4.74 Å². The van der Waals surface area contributed by atoms with Crippen LogP contribution in [0.2, 0.25) is 0 Å². The van der Waals surface area contributed by atoms with Gasteiger partial charge >= 0.3 is 0 Å². The molecule has 104 valence electrons. The van der Waals surface area contributed by atoms with Gasteiger partial charge in [0.05, 0.1) is 7.11 Å². The summed E-state index contributed by atoms with van der Waals surface area (Å²) >= 11 is 0. The van der Waals surface area contributed by atoms with Crippen LogP contribution in [0.5, 0.6) is 5.75 Å². The molecule has 2 aromatic carbocycles. The summed E-state index contributed by atoms with van der Waals surface area (Å²) in [5, 5.41) is 6.99. The summed E-state index contributed by atoms with van der Waals surface area (Å²) in [4.78, 5) is 0. The number of rotatable bonds is 4. The molecule has 2 aromatic rings. The number of ether oxygens (including phenoxy) is 1. The number of para-hydroxylation sites is 1. The second-order valence-corrected chi connectivity index (χ2v) is 5.07. The Kier molecular flexibility index (Phi) is 3.77. The fourth-order valence-electron chi connectivity index (χ4n) is 2.66. The van der Waals surface area contributed by atoms with E-state index in [2.05, 4.69) is 34.9 Å². The summed E-state index contributed by atoms with van der Waals surface area (Å²) in [5.74, 6) is 0.878. The minimum atomic E-state index is 0.823. The zero-order chi connectivity index (χ0) is 13.8. The van der Waals surface area contributed by atoms with Crippen molar-refractivity contribution >= 4 is 11.4 Å². The van der Waals surface area contributed by atoms with E-state index in [9.17, 15) is 0 Å². The lowest BCUT2D eigenvalue weighted by Crippen LogP contribution is -2.14. The van der Waals surface area contributed by atoms with E-state index in [4.69, 9.17) is 4.74 Å². The predicted octanol–water partition coefficient (Wildman–Crippen LogP) is 3.67. The summed E-state index contributed by atoms with van der Waals surface area (Å²) in [7, 11) is 1.69. The average Bonchev–Trinajstić information content (AvgIpc) is 2.53.